The number of hydrogen-bond donors (Lipinski definition) is 0. The van der Waals surface area contributed by atoms with Crippen LogP contribution in [0.25, 0.3) is 0 Å². The Hall–Kier alpha value is -2.33. The molecule has 0 aliphatic heterocycles. The third-order valence-electron chi connectivity index (χ3n) is 4.27. The predicted octanol–water partition coefficient (Wildman–Crippen LogP) is 4.86. The number of rotatable bonds is 7. The molecule has 0 fully saturated rings. The van der Waals surface area contributed by atoms with E-state index in [1.165, 1.54) is 5.56 Å². The maximum atomic E-state index is 11.9. The second kappa shape index (κ2) is 9.23. The number of aryl methyl sites for hydroxylation is 2. The van der Waals surface area contributed by atoms with Crippen molar-refractivity contribution >= 4 is 6.16 Å². The first kappa shape index (κ1) is 19.0. The first-order chi connectivity index (χ1) is 12.0. The van der Waals surface area contributed by atoms with Gasteiger partial charge in [-0.15, -0.1) is 0 Å². The van der Waals surface area contributed by atoms with E-state index in [4.69, 9.17) is 9.47 Å². The second-order valence-electron chi connectivity index (χ2n) is 6.14. The second-order valence-corrected chi connectivity index (χ2v) is 6.14. The summed E-state index contributed by atoms with van der Waals surface area (Å²) in [6.07, 6.45) is -0.676. The highest BCUT2D eigenvalue weighted by atomic mass is 16.7. The van der Waals surface area contributed by atoms with E-state index in [0.717, 1.165) is 36.3 Å². The number of benzene rings is 2. The third-order valence-corrected chi connectivity index (χ3v) is 4.27. The minimum Gasteiger partial charge on any atom is -0.429 e. The monoisotopic (exact) mass is 341 g/mol. The van der Waals surface area contributed by atoms with Crippen molar-refractivity contribution in [2.45, 2.75) is 40.8 Å². The van der Waals surface area contributed by atoms with Crippen LogP contribution >= 0.6 is 0 Å². The van der Waals surface area contributed by atoms with Crippen molar-refractivity contribution in [1.82, 2.24) is 4.90 Å². The molecule has 4 heteroatoms. The Balaban J connectivity index is 1.87. The lowest BCUT2D eigenvalue weighted by Gasteiger charge is -2.18. The molecule has 0 saturated heterocycles. The molecule has 0 spiro atoms. The summed E-state index contributed by atoms with van der Waals surface area (Å²) in [6, 6.07) is 13.9. The summed E-state index contributed by atoms with van der Waals surface area (Å²) < 4.78 is 10.6. The van der Waals surface area contributed by atoms with Crippen molar-refractivity contribution in [3.8, 4) is 5.75 Å². The summed E-state index contributed by atoms with van der Waals surface area (Å²) in [7, 11) is 0. The van der Waals surface area contributed by atoms with Crippen molar-refractivity contribution in [2.24, 2.45) is 0 Å². The van der Waals surface area contributed by atoms with Gasteiger partial charge in [-0.3, -0.25) is 4.90 Å². The van der Waals surface area contributed by atoms with E-state index < -0.39 is 6.16 Å². The van der Waals surface area contributed by atoms with Crippen LogP contribution in [0.1, 0.15) is 36.1 Å². The van der Waals surface area contributed by atoms with Gasteiger partial charge in [-0.1, -0.05) is 56.3 Å². The van der Waals surface area contributed by atoms with Crippen LogP contribution in [0, 0.1) is 13.8 Å². The Kier molecular flexibility index (Phi) is 7.02. The summed E-state index contributed by atoms with van der Waals surface area (Å²) in [5.41, 5.74) is 4.03. The van der Waals surface area contributed by atoms with Crippen molar-refractivity contribution in [3.05, 3.63) is 64.7 Å². The van der Waals surface area contributed by atoms with Gasteiger partial charge in [0.1, 0.15) is 12.4 Å². The van der Waals surface area contributed by atoms with E-state index >= 15 is 0 Å². The molecule has 0 bridgehead atoms. The molecule has 134 valence electrons. The molecule has 0 aliphatic rings. The van der Waals surface area contributed by atoms with Gasteiger partial charge in [-0.05, 0) is 49.2 Å². The molecule has 0 N–H and O–H groups in total. The fourth-order valence-corrected chi connectivity index (χ4v) is 2.66. The molecule has 0 amide bonds. The van der Waals surface area contributed by atoms with E-state index in [0.29, 0.717) is 5.75 Å². The summed E-state index contributed by atoms with van der Waals surface area (Å²) in [6.45, 7) is 11.3. The number of carbonyl (C=O) groups excluding carboxylic acids is 1. The maximum absolute atomic E-state index is 11.9. The van der Waals surface area contributed by atoms with E-state index in [9.17, 15) is 4.79 Å². The van der Waals surface area contributed by atoms with E-state index in [2.05, 4.69) is 30.9 Å². The number of carbonyl (C=O) groups is 1. The predicted molar refractivity (Wildman–Crippen MR) is 99.8 cm³/mol. The van der Waals surface area contributed by atoms with Crippen molar-refractivity contribution in [2.75, 3.05) is 13.1 Å². The first-order valence-corrected chi connectivity index (χ1v) is 8.74. The molecular formula is C21H27NO3. The summed E-state index contributed by atoms with van der Waals surface area (Å²) >= 11 is 0. The lowest BCUT2D eigenvalue weighted by Crippen LogP contribution is -2.22. The smallest absolute Gasteiger partial charge is 0.429 e. The molecule has 0 atom stereocenters. The number of nitrogens with zero attached hydrogens (tertiary/aromatic N) is 1. The van der Waals surface area contributed by atoms with Gasteiger partial charge < -0.3 is 9.47 Å². The molecule has 2 rings (SSSR count). The van der Waals surface area contributed by atoms with Crippen LogP contribution in [0.15, 0.2) is 42.5 Å². The highest BCUT2D eigenvalue weighted by Gasteiger charge is 2.11. The van der Waals surface area contributed by atoms with Gasteiger partial charge in [0.05, 0.1) is 0 Å². The van der Waals surface area contributed by atoms with Crippen molar-refractivity contribution in [3.63, 3.8) is 0 Å². The third kappa shape index (κ3) is 5.61. The molecule has 0 saturated carbocycles. The zero-order valence-electron chi connectivity index (χ0n) is 15.5. The molecule has 4 nitrogen and oxygen atoms in total. The van der Waals surface area contributed by atoms with Crippen molar-refractivity contribution in [1.29, 1.82) is 0 Å². The molecule has 0 radical (unpaired) electrons. The van der Waals surface area contributed by atoms with E-state index in [1.54, 1.807) is 0 Å². The van der Waals surface area contributed by atoms with Crippen LogP contribution in [0.3, 0.4) is 0 Å². The Morgan fingerprint density at radius 1 is 0.920 bits per heavy atom. The lowest BCUT2D eigenvalue weighted by molar-refractivity contribution is 0.0922. The summed E-state index contributed by atoms with van der Waals surface area (Å²) in [5, 5.41) is 0. The van der Waals surface area contributed by atoms with Gasteiger partial charge in [0.15, 0.2) is 0 Å². The van der Waals surface area contributed by atoms with Crippen LogP contribution in [0.5, 0.6) is 5.75 Å². The SMILES string of the molecule is CCN(CC)Cc1ccc(COC(=O)Oc2c(C)cccc2C)cc1. The first-order valence-electron chi connectivity index (χ1n) is 8.74. The number of ether oxygens (including phenoxy) is 2. The number of hydrogen-bond acceptors (Lipinski definition) is 4. The van der Waals surface area contributed by atoms with Gasteiger partial charge in [0.2, 0.25) is 0 Å². The summed E-state index contributed by atoms with van der Waals surface area (Å²) in [4.78, 5) is 14.3. The zero-order valence-corrected chi connectivity index (χ0v) is 15.5. The Labute approximate surface area is 150 Å². The maximum Gasteiger partial charge on any atom is 0.514 e. The van der Waals surface area contributed by atoms with E-state index in [-0.39, 0.29) is 6.61 Å². The Morgan fingerprint density at radius 3 is 2.04 bits per heavy atom. The largest absolute Gasteiger partial charge is 0.514 e. The fourth-order valence-electron chi connectivity index (χ4n) is 2.66. The molecule has 0 aromatic heterocycles. The highest BCUT2D eigenvalue weighted by Crippen LogP contribution is 2.22. The van der Waals surface area contributed by atoms with Crippen LogP contribution < -0.4 is 4.74 Å². The minimum absolute atomic E-state index is 0.204. The topological polar surface area (TPSA) is 38.8 Å². The van der Waals surface area contributed by atoms with Gasteiger partial charge in [0, 0.05) is 6.54 Å². The average Bonchev–Trinajstić information content (AvgIpc) is 2.62. The number of para-hydroxylation sites is 1. The van der Waals surface area contributed by atoms with Gasteiger partial charge >= 0.3 is 6.16 Å². The van der Waals surface area contributed by atoms with Crippen LogP contribution in [0.2, 0.25) is 0 Å². The fraction of sp³-hybridized carbons (Fsp3) is 0.381. The van der Waals surface area contributed by atoms with Crippen molar-refractivity contribution < 1.29 is 14.3 Å². The molecule has 0 unspecified atom stereocenters. The summed E-state index contributed by atoms with van der Waals surface area (Å²) in [5.74, 6) is 0.571. The molecule has 2 aromatic rings. The van der Waals surface area contributed by atoms with Crippen LogP contribution in [-0.4, -0.2) is 24.1 Å². The van der Waals surface area contributed by atoms with Crippen LogP contribution in [-0.2, 0) is 17.9 Å². The molecular weight excluding hydrogens is 314 g/mol. The van der Waals surface area contributed by atoms with Gasteiger partial charge in [-0.2, -0.15) is 0 Å². The quantitative estimate of drug-likeness (QED) is 0.532. The average molecular weight is 341 g/mol. The van der Waals surface area contributed by atoms with Crippen LogP contribution in [0.4, 0.5) is 4.79 Å². The van der Waals surface area contributed by atoms with Gasteiger partial charge in [0.25, 0.3) is 0 Å². The Bertz CT molecular complexity index is 671. The molecule has 25 heavy (non-hydrogen) atoms. The lowest BCUT2D eigenvalue weighted by atomic mass is 10.1. The van der Waals surface area contributed by atoms with E-state index in [1.807, 2.05) is 44.2 Å². The molecule has 0 aliphatic carbocycles. The van der Waals surface area contributed by atoms with Gasteiger partial charge in [-0.25, -0.2) is 4.79 Å². The normalized spacial score (nSPS) is 10.8. The highest BCUT2D eigenvalue weighted by molar-refractivity contribution is 5.65. The molecule has 0 heterocycles. The zero-order chi connectivity index (χ0) is 18.2. The standard InChI is InChI=1S/C21H27NO3/c1-5-22(6-2)14-18-10-12-19(13-11-18)15-24-21(23)25-20-16(3)8-7-9-17(20)4/h7-13H,5-6,14-15H2,1-4H3. The Morgan fingerprint density at radius 2 is 1.48 bits per heavy atom. The minimum atomic E-state index is -0.676. The molecule has 2 aromatic carbocycles.